The molecule has 29 heavy (non-hydrogen) atoms. The standard InChI is InChI=1S/C21H23ClN2O5/c1-13(2)23-21(27)24-20(26)14(3)29-19(25)12-28-18-10-9-16(11-17(18)22)15-7-5-4-6-8-15/h4-11,13-14H,12H2,1-3H3,(H2,23,24,26,27)/t14-/m0/s1. The van der Waals surface area contributed by atoms with Crippen molar-refractivity contribution in [2.24, 2.45) is 0 Å². The van der Waals surface area contributed by atoms with Gasteiger partial charge in [-0.15, -0.1) is 0 Å². The van der Waals surface area contributed by atoms with E-state index >= 15 is 0 Å². The molecule has 0 unspecified atom stereocenters. The first-order valence-corrected chi connectivity index (χ1v) is 9.42. The van der Waals surface area contributed by atoms with E-state index in [1.807, 2.05) is 36.4 Å². The lowest BCUT2D eigenvalue weighted by Gasteiger charge is -2.15. The van der Waals surface area contributed by atoms with Gasteiger partial charge in [-0.2, -0.15) is 0 Å². The van der Waals surface area contributed by atoms with Crippen LogP contribution in [-0.4, -0.2) is 36.7 Å². The maximum absolute atomic E-state index is 11.9. The second-order valence-corrected chi connectivity index (χ2v) is 6.96. The lowest BCUT2D eigenvalue weighted by molar-refractivity contribution is -0.156. The Balaban J connectivity index is 1.85. The van der Waals surface area contributed by atoms with Crippen molar-refractivity contribution in [3.63, 3.8) is 0 Å². The Morgan fingerprint density at radius 3 is 2.31 bits per heavy atom. The van der Waals surface area contributed by atoms with Crippen molar-refractivity contribution in [1.29, 1.82) is 0 Å². The third-order valence-corrected chi connectivity index (χ3v) is 4.01. The minimum absolute atomic E-state index is 0.132. The normalized spacial score (nSPS) is 11.5. The largest absolute Gasteiger partial charge is 0.480 e. The second-order valence-electron chi connectivity index (χ2n) is 6.55. The zero-order chi connectivity index (χ0) is 21.4. The van der Waals surface area contributed by atoms with Crippen LogP contribution in [0.2, 0.25) is 5.02 Å². The molecule has 0 aliphatic heterocycles. The van der Waals surface area contributed by atoms with Gasteiger partial charge in [-0.05, 0) is 44.0 Å². The Morgan fingerprint density at radius 1 is 1.00 bits per heavy atom. The first-order valence-electron chi connectivity index (χ1n) is 9.05. The highest BCUT2D eigenvalue weighted by atomic mass is 35.5. The minimum Gasteiger partial charge on any atom is -0.480 e. The molecule has 0 bridgehead atoms. The number of amides is 3. The smallest absolute Gasteiger partial charge is 0.344 e. The predicted octanol–water partition coefficient (Wildman–Crippen LogP) is 3.55. The number of rotatable bonds is 7. The molecule has 0 heterocycles. The number of carbonyl (C=O) groups excluding carboxylic acids is 3. The highest BCUT2D eigenvalue weighted by Gasteiger charge is 2.20. The van der Waals surface area contributed by atoms with E-state index in [-0.39, 0.29) is 6.04 Å². The Bertz CT molecular complexity index is 871. The SMILES string of the molecule is CC(C)NC(=O)NC(=O)[C@H](C)OC(=O)COc1ccc(-c2ccccc2)cc1Cl. The van der Waals surface area contributed by atoms with Gasteiger partial charge in [0.25, 0.3) is 5.91 Å². The van der Waals surface area contributed by atoms with Crippen LogP contribution in [0.5, 0.6) is 5.75 Å². The number of benzene rings is 2. The van der Waals surface area contributed by atoms with Crippen LogP contribution in [0.15, 0.2) is 48.5 Å². The number of nitrogens with one attached hydrogen (secondary N) is 2. The number of carbonyl (C=O) groups is 3. The van der Waals surface area contributed by atoms with Gasteiger partial charge in [0, 0.05) is 6.04 Å². The molecule has 0 spiro atoms. The molecule has 8 heteroatoms. The summed E-state index contributed by atoms with van der Waals surface area (Å²) in [7, 11) is 0. The molecule has 2 rings (SSSR count). The predicted molar refractivity (Wildman–Crippen MR) is 110 cm³/mol. The zero-order valence-corrected chi connectivity index (χ0v) is 17.2. The summed E-state index contributed by atoms with van der Waals surface area (Å²) in [6.07, 6.45) is -1.15. The summed E-state index contributed by atoms with van der Waals surface area (Å²) in [6.45, 7) is 4.43. The fourth-order valence-electron chi connectivity index (χ4n) is 2.36. The van der Waals surface area contributed by atoms with Gasteiger partial charge in [-0.25, -0.2) is 9.59 Å². The number of esters is 1. The average molecular weight is 419 g/mol. The van der Waals surface area contributed by atoms with E-state index < -0.39 is 30.6 Å². The molecule has 2 aromatic carbocycles. The summed E-state index contributed by atoms with van der Waals surface area (Å²) < 4.78 is 10.4. The Labute approximate surface area is 174 Å². The highest BCUT2D eigenvalue weighted by Crippen LogP contribution is 2.30. The number of ether oxygens (including phenoxy) is 2. The molecule has 0 aromatic heterocycles. The topological polar surface area (TPSA) is 93.7 Å². The summed E-state index contributed by atoms with van der Waals surface area (Å²) >= 11 is 6.23. The first kappa shape index (κ1) is 22.2. The summed E-state index contributed by atoms with van der Waals surface area (Å²) in [4.78, 5) is 35.3. The van der Waals surface area contributed by atoms with E-state index in [1.54, 1.807) is 26.0 Å². The molecule has 7 nitrogen and oxygen atoms in total. The van der Waals surface area contributed by atoms with E-state index in [2.05, 4.69) is 10.6 Å². The van der Waals surface area contributed by atoms with Gasteiger partial charge in [0.15, 0.2) is 12.7 Å². The van der Waals surface area contributed by atoms with Crippen molar-refractivity contribution in [2.45, 2.75) is 32.9 Å². The minimum atomic E-state index is -1.15. The van der Waals surface area contributed by atoms with Crippen molar-refractivity contribution in [3.05, 3.63) is 53.6 Å². The van der Waals surface area contributed by atoms with Crippen LogP contribution in [0, 0.1) is 0 Å². The van der Waals surface area contributed by atoms with E-state index in [0.717, 1.165) is 11.1 Å². The monoisotopic (exact) mass is 418 g/mol. The van der Waals surface area contributed by atoms with Gasteiger partial charge in [0.2, 0.25) is 0 Å². The van der Waals surface area contributed by atoms with Crippen LogP contribution in [0.1, 0.15) is 20.8 Å². The van der Waals surface area contributed by atoms with Crippen LogP contribution in [0.25, 0.3) is 11.1 Å². The number of halogens is 1. The third kappa shape index (κ3) is 7.12. The fraction of sp³-hybridized carbons (Fsp3) is 0.286. The van der Waals surface area contributed by atoms with Crippen molar-refractivity contribution >= 4 is 29.5 Å². The van der Waals surface area contributed by atoms with Gasteiger partial charge in [0.1, 0.15) is 5.75 Å². The number of imide groups is 1. The summed E-state index contributed by atoms with van der Waals surface area (Å²) in [5, 5.41) is 4.94. The lowest BCUT2D eigenvalue weighted by Crippen LogP contribution is -2.46. The third-order valence-electron chi connectivity index (χ3n) is 3.72. The number of urea groups is 1. The molecule has 0 saturated carbocycles. The zero-order valence-electron chi connectivity index (χ0n) is 16.4. The lowest BCUT2D eigenvalue weighted by atomic mass is 10.1. The van der Waals surface area contributed by atoms with Crippen LogP contribution >= 0.6 is 11.6 Å². The average Bonchev–Trinajstić information content (AvgIpc) is 2.66. The maximum atomic E-state index is 11.9. The molecule has 0 aliphatic rings. The fourth-order valence-corrected chi connectivity index (χ4v) is 2.60. The molecule has 0 saturated heterocycles. The molecule has 0 aliphatic carbocycles. The molecule has 1 atom stereocenters. The first-order chi connectivity index (χ1) is 13.8. The molecular formula is C21H23ClN2O5. The van der Waals surface area contributed by atoms with Crippen molar-refractivity contribution < 1.29 is 23.9 Å². The van der Waals surface area contributed by atoms with Gasteiger partial charge in [-0.3, -0.25) is 10.1 Å². The van der Waals surface area contributed by atoms with Gasteiger partial charge >= 0.3 is 12.0 Å². The maximum Gasteiger partial charge on any atom is 0.344 e. The van der Waals surface area contributed by atoms with Crippen LogP contribution in [0.4, 0.5) is 4.79 Å². The molecule has 0 fully saturated rings. The van der Waals surface area contributed by atoms with E-state index in [1.165, 1.54) is 6.92 Å². The second kappa shape index (κ2) is 10.5. The van der Waals surface area contributed by atoms with Crippen molar-refractivity contribution in [1.82, 2.24) is 10.6 Å². The van der Waals surface area contributed by atoms with Gasteiger partial charge < -0.3 is 14.8 Å². The molecule has 154 valence electrons. The quantitative estimate of drug-likeness (QED) is 0.670. The van der Waals surface area contributed by atoms with E-state index in [9.17, 15) is 14.4 Å². The van der Waals surface area contributed by atoms with Crippen LogP contribution in [0.3, 0.4) is 0 Å². The number of hydrogen-bond donors (Lipinski definition) is 2. The Hall–Kier alpha value is -3.06. The van der Waals surface area contributed by atoms with E-state index in [4.69, 9.17) is 21.1 Å². The van der Waals surface area contributed by atoms with E-state index in [0.29, 0.717) is 10.8 Å². The molecule has 0 radical (unpaired) electrons. The Morgan fingerprint density at radius 2 is 1.69 bits per heavy atom. The molecular weight excluding hydrogens is 396 g/mol. The number of hydrogen-bond acceptors (Lipinski definition) is 5. The summed E-state index contributed by atoms with van der Waals surface area (Å²) in [5.74, 6) is -1.18. The van der Waals surface area contributed by atoms with Gasteiger partial charge in [-0.1, -0.05) is 48.0 Å². The van der Waals surface area contributed by atoms with Crippen molar-refractivity contribution in [2.75, 3.05) is 6.61 Å². The summed E-state index contributed by atoms with van der Waals surface area (Å²) in [5.41, 5.74) is 1.91. The van der Waals surface area contributed by atoms with Crippen LogP contribution < -0.4 is 15.4 Å². The van der Waals surface area contributed by atoms with Gasteiger partial charge in [0.05, 0.1) is 5.02 Å². The highest BCUT2D eigenvalue weighted by molar-refractivity contribution is 6.32. The summed E-state index contributed by atoms with van der Waals surface area (Å²) in [6, 6.07) is 14.1. The van der Waals surface area contributed by atoms with Crippen molar-refractivity contribution in [3.8, 4) is 16.9 Å². The molecule has 3 amide bonds. The molecule has 2 N–H and O–H groups in total. The Kier molecular flexibility index (Phi) is 8.03. The van der Waals surface area contributed by atoms with Crippen LogP contribution in [-0.2, 0) is 14.3 Å². The molecule has 2 aromatic rings.